The molecule has 0 unspecified atom stereocenters. The lowest BCUT2D eigenvalue weighted by molar-refractivity contribution is -0.146. The van der Waals surface area contributed by atoms with Gasteiger partial charge in [0.05, 0.1) is 16.5 Å². The molecule has 3 rings (SSSR count). The van der Waals surface area contributed by atoms with E-state index in [0.717, 1.165) is 15.8 Å². The van der Waals surface area contributed by atoms with E-state index in [4.69, 9.17) is 9.15 Å². The van der Waals surface area contributed by atoms with Gasteiger partial charge in [0.25, 0.3) is 0 Å². The van der Waals surface area contributed by atoms with Crippen LogP contribution in [0.15, 0.2) is 52.5 Å². The van der Waals surface area contributed by atoms with Crippen molar-refractivity contribution >= 4 is 22.3 Å². The van der Waals surface area contributed by atoms with Crippen LogP contribution in [0, 0.1) is 0 Å². The van der Waals surface area contributed by atoms with Gasteiger partial charge in [-0.3, -0.25) is 0 Å². The van der Waals surface area contributed by atoms with E-state index in [1.54, 1.807) is 6.26 Å². The van der Waals surface area contributed by atoms with Gasteiger partial charge in [-0.15, -0.1) is 11.3 Å². The van der Waals surface area contributed by atoms with Crippen molar-refractivity contribution in [3.63, 3.8) is 0 Å². The highest BCUT2D eigenvalue weighted by Gasteiger charge is 2.33. The minimum Gasteiger partial charge on any atom is -0.464 e. The Morgan fingerprint density at radius 2 is 2.19 bits per heavy atom. The number of ether oxygens (including phenoxy) is 1. The number of hydrogen-bond acceptors (Lipinski definition) is 5. The summed E-state index contributed by atoms with van der Waals surface area (Å²) < 4.78 is 11.4. The van der Waals surface area contributed by atoms with Gasteiger partial charge in [0.2, 0.25) is 5.79 Å². The molecule has 0 radical (unpaired) electrons. The molecule has 0 aliphatic carbocycles. The molecule has 1 atom stereocenters. The van der Waals surface area contributed by atoms with E-state index >= 15 is 0 Å². The normalized spacial score (nSPS) is 14.2. The number of thiophene rings is 1. The Labute approximate surface area is 127 Å². The average molecular weight is 303 g/mol. The molecule has 4 nitrogen and oxygen atoms in total. The highest BCUT2D eigenvalue weighted by atomic mass is 32.1. The van der Waals surface area contributed by atoms with Crippen molar-refractivity contribution < 1.29 is 14.3 Å². The van der Waals surface area contributed by atoms with E-state index in [9.17, 15) is 5.11 Å². The van der Waals surface area contributed by atoms with E-state index in [2.05, 4.69) is 5.32 Å². The zero-order valence-corrected chi connectivity index (χ0v) is 12.5. The Morgan fingerprint density at radius 3 is 2.95 bits per heavy atom. The lowest BCUT2D eigenvalue weighted by Gasteiger charge is -2.28. The first-order chi connectivity index (χ1) is 10.2. The molecule has 21 heavy (non-hydrogen) atoms. The Morgan fingerprint density at radius 1 is 1.29 bits per heavy atom. The maximum atomic E-state index is 11.0. The van der Waals surface area contributed by atoms with Crippen LogP contribution in [-0.2, 0) is 5.79 Å². The summed E-state index contributed by atoms with van der Waals surface area (Å²) in [6.07, 6.45) is 2.08. The van der Waals surface area contributed by atoms with Crippen molar-refractivity contribution in [2.75, 3.05) is 13.6 Å². The van der Waals surface area contributed by atoms with Crippen LogP contribution in [0.4, 0.5) is 0 Å². The Bertz CT molecular complexity index is 707. The minimum atomic E-state index is -1.34. The van der Waals surface area contributed by atoms with Gasteiger partial charge in [0.15, 0.2) is 0 Å². The quantitative estimate of drug-likeness (QED) is 0.686. The third-order valence-electron chi connectivity index (χ3n) is 3.35. The standard InChI is InChI=1S/C16H17NO3S/c1-17-9-8-16(18,15-6-3-11-21-15)20-14-5-2-4-13-12(14)7-10-19-13/h2-7,10-11,17-18H,8-9H2,1H3/t16-/m1/s1. The predicted octanol–water partition coefficient (Wildman–Crippen LogP) is 3.33. The molecule has 110 valence electrons. The van der Waals surface area contributed by atoms with Crippen LogP contribution in [0.25, 0.3) is 11.0 Å². The SMILES string of the molecule is CNCC[C@@](O)(Oc1cccc2occc12)c1cccs1. The van der Waals surface area contributed by atoms with Crippen LogP contribution in [0.1, 0.15) is 11.3 Å². The predicted molar refractivity (Wildman–Crippen MR) is 83.6 cm³/mol. The summed E-state index contributed by atoms with van der Waals surface area (Å²) in [5.74, 6) is -0.726. The number of benzene rings is 1. The number of furan rings is 1. The van der Waals surface area contributed by atoms with Gasteiger partial charge in [-0.1, -0.05) is 12.1 Å². The minimum absolute atomic E-state index is 0.457. The first kappa shape index (κ1) is 14.1. The maximum Gasteiger partial charge on any atom is 0.245 e. The largest absolute Gasteiger partial charge is 0.464 e. The van der Waals surface area contributed by atoms with Crippen LogP contribution in [-0.4, -0.2) is 18.7 Å². The smallest absolute Gasteiger partial charge is 0.245 e. The first-order valence-corrected chi connectivity index (χ1v) is 7.67. The first-order valence-electron chi connectivity index (χ1n) is 6.79. The van der Waals surface area contributed by atoms with Gasteiger partial charge in [-0.25, -0.2) is 0 Å². The molecule has 0 saturated heterocycles. The molecule has 2 N–H and O–H groups in total. The van der Waals surface area contributed by atoms with Crippen molar-refractivity contribution in [2.24, 2.45) is 0 Å². The molecular formula is C16H17NO3S. The van der Waals surface area contributed by atoms with Gasteiger partial charge in [-0.2, -0.15) is 0 Å². The van der Waals surface area contributed by atoms with Gasteiger partial charge in [-0.05, 0) is 36.7 Å². The summed E-state index contributed by atoms with van der Waals surface area (Å²) in [6.45, 7) is 0.649. The molecule has 0 bridgehead atoms. The third-order valence-corrected chi connectivity index (χ3v) is 4.36. The van der Waals surface area contributed by atoms with Crippen LogP contribution >= 0.6 is 11.3 Å². The van der Waals surface area contributed by atoms with Crippen LogP contribution in [0.5, 0.6) is 5.75 Å². The zero-order chi connectivity index (χ0) is 14.7. The van der Waals surface area contributed by atoms with Gasteiger partial charge in [0, 0.05) is 13.0 Å². The Kier molecular flexibility index (Phi) is 3.96. The summed E-state index contributed by atoms with van der Waals surface area (Å²) in [7, 11) is 1.85. The fourth-order valence-corrected chi connectivity index (χ4v) is 3.05. The summed E-state index contributed by atoms with van der Waals surface area (Å²) >= 11 is 1.48. The van der Waals surface area contributed by atoms with Crippen molar-refractivity contribution in [1.82, 2.24) is 5.32 Å². The lowest BCUT2D eigenvalue weighted by Crippen LogP contribution is -2.35. The number of aliphatic hydroxyl groups is 1. The molecule has 0 spiro atoms. The van der Waals surface area contributed by atoms with Gasteiger partial charge >= 0.3 is 0 Å². The lowest BCUT2D eigenvalue weighted by atomic mass is 10.1. The zero-order valence-electron chi connectivity index (χ0n) is 11.7. The second kappa shape index (κ2) is 5.89. The molecule has 0 aliphatic rings. The van der Waals surface area contributed by atoms with Crippen LogP contribution in [0.3, 0.4) is 0 Å². The van der Waals surface area contributed by atoms with Crippen molar-refractivity contribution in [3.05, 3.63) is 52.9 Å². The van der Waals surface area contributed by atoms with Gasteiger partial charge in [0.1, 0.15) is 11.3 Å². The summed E-state index contributed by atoms with van der Waals surface area (Å²) in [5, 5.41) is 16.8. The van der Waals surface area contributed by atoms with Crippen molar-refractivity contribution in [1.29, 1.82) is 0 Å². The molecule has 0 fully saturated rings. The number of fused-ring (bicyclic) bond motifs is 1. The fraction of sp³-hybridized carbons (Fsp3) is 0.250. The molecule has 0 amide bonds. The average Bonchev–Trinajstić information content (AvgIpc) is 3.16. The molecular weight excluding hydrogens is 286 g/mol. The second-order valence-corrected chi connectivity index (χ2v) is 5.75. The van der Waals surface area contributed by atoms with E-state index in [0.29, 0.717) is 18.7 Å². The highest BCUT2D eigenvalue weighted by Crippen LogP contribution is 2.35. The van der Waals surface area contributed by atoms with Crippen LogP contribution in [0.2, 0.25) is 0 Å². The molecule has 0 aliphatic heterocycles. The Balaban J connectivity index is 1.96. The van der Waals surface area contributed by atoms with E-state index in [1.807, 2.05) is 48.8 Å². The fourth-order valence-electron chi connectivity index (χ4n) is 2.26. The van der Waals surface area contributed by atoms with Crippen LogP contribution < -0.4 is 10.1 Å². The summed E-state index contributed by atoms with van der Waals surface area (Å²) in [4.78, 5) is 0.790. The number of rotatable bonds is 6. The maximum absolute atomic E-state index is 11.0. The number of hydrogen-bond donors (Lipinski definition) is 2. The summed E-state index contributed by atoms with van der Waals surface area (Å²) in [6, 6.07) is 11.2. The Hall–Kier alpha value is -1.82. The molecule has 2 heterocycles. The van der Waals surface area contributed by atoms with Gasteiger partial charge < -0.3 is 19.6 Å². The topological polar surface area (TPSA) is 54.6 Å². The van der Waals surface area contributed by atoms with Crippen molar-refractivity contribution in [2.45, 2.75) is 12.2 Å². The third kappa shape index (κ3) is 2.81. The monoisotopic (exact) mass is 303 g/mol. The van der Waals surface area contributed by atoms with Crippen molar-refractivity contribution in [3.8, 4) is 5.75 Å². The van der Waals surface area contributed by atoms with E-state index in [-0.39, 0.29) is 0 Å². The summed E-state index contributed by atoms with van der Waals surface area (Å²) in [5.41, 5.74) is 0.745. The molecule has 3 aromatic rings. The second-order valence-electron chi connectivity index (χ2n) is 4.81. The van der Waals surface area contributed by atoms with E-state index in [1.165, 1.54) is 11.3 Å². The molecule has 1 aromatic carbocycles. The number of nitrogens with one attached hydrogen (secondary N) is 1. The molecule has 2 aromatic heterocycles. The highest BCUT2D eigenvalue weighted by molar-refractivity contribution is 7.10. The molecule has 5 heteroatoms. The van der Waals surface area contributed by atoms with E-state index < -0.39 is 5.79 Å². The molecule has 0 saturated carbocycles.